The number of carbonyl (C=O) groups excluding carboxylic acids is 1. The predicted molar refractivity (Wildman–Crippen MR) is 206 cm³/mol. The number of ether oxygens (including phenoxy) is 2. The normalized spacial score (nSPS) is 13.9. The first-order chi connectivity index (χ1) is 23.6. The van der Waals surface area contributed by atoms with E-state index < -0.39 is 13.9 Å². The Labute approximate surface area is 303 Å². The Bertz CT molecular complexity index is 802. The molecule has 0 rings (SSSR count). The minimum atomic E-state index is -4.28. The number of phosphoric ester groups is 1. The molecule has 49 heavy (non-hydrogen) atoms. The first-order valence-electron chi connectivity index (χ1n) is 20.5. The smallest absolute Gasteiger partial charge is 0.472 e. The molecule has 0 heterocycles. The SMILES string of the molecule is CCCCCCCCCCCCCCCC/C=C\OC[C@H](COP(=O)(O)OCC[N+](C)(C)C)OC(=O)CCCCCCCCCCCCC. The molecule has 1 N–H and O–H groups in total. The van der Waals surface area contributed by atoms with Gasteiger partial charge in [-0.15, -0.1) is 0 Å². The summed E-state index contributed by atoms with van der Waals surface area (Å²) in [6.07, 6.45) is 36.2. The van der Waals surface area contributed by atoms with Crippen LogP contribution in [0.2, 0.25) is 0 Å². The number of phosphoric acid groups is 1. The van der Waals surface area contributed by atoms with Gasteiger partial charge in [0.2, 0.25) is 0 Å². The van der Waals surface area contributed by atoms with Gasteiger partial charge in [0, 0.05) is 6.42 Å². The van der Waals surface area contributed by atoms with Gasteiger partial charge in [-0.25, -0.2) is 4.57 Å². The Morgan fingerprint density at radius 1 is 0.633 bits per heavy atom. The third-order valence-corrected chi connectivity index (χ3v) is 9.91. The molecule has 0 saturated heterocycles. The molecule has 2 atom stereocenters. The Kier molecular flexibility index (Phi) is 33.5. The highest BCUT2D eigenvalue weighted by molar-refractivity contribution is 7.47. The van der Waals surface area contributed by atoms with E-state index >= 15 is 0 Å². The van der Waals surface area contributed by atoms with Crippen molar-refractivity contribution in [1.82, 2.24) is 0 Å². The fourth-order valence-corrected chi connectivity index (χ4v) is 6.44. The number of esters is 1. The van der Waals surface area contributed by atoms with Gasteiger partial charge in [-0.05, 0) is 25.3 Å². The van der Waals surface area contributed by atoms with Crippen molar-refractivity contribution >= 4 is 13.8 Å². The molecule has 1 unspecified atom stereocenters. The summed E-state index contributed by atoms with van der Waals surface area (Å²) in [4.78, 5) is 22.7. The fraction of sp³-hybridized carbons (Fsp3) is 0.925. The highest BCUT2D eigenvalue weighted by Crippen LogP contribution is 2.43. The summed E-state index contributed by atoms with van der Waals surface area (Å²) in [5.41, 5.74) is 0. The molecule has 0 aliphatic rings. The Morgan fingerprint density at radius 2 is 1.06 bits per heavy atom. The predicted octanol–water partition coefficient (Wildman–Crippen LogP) is 11.8. The van der Waals surface area contributed by atoms with Crippen LogP contribution >= 0.6 is 7.82 Å². The van der Waals surface area contributed by atoms with Crippen LogP contribution in [0.1, 0.15) is 187 Å². The van der Waals surface area contributed by atoms with Crippen molar-refractivity contribution in [2.75, 3.05) is 47.5 Å². The summed E-state index contributed by atoms with van der Waals surface area (Å²) in [5.74, 6) is -0.335. The van der Waals surface area contributed by atoms with Gasteiger partial charge in [-0.2, -0.15) is 0 Å². The van der Waals surface area contributed by atoms with Gasteiger partial charge in [0.15, 0.2) is 6.10 Å². The second-order valence-electron chi connectivity index (χ2n) is 15.1. The van der Waals surface area contributed by atoms with Crippen molar-refractivity contribution in [3.8, 4) is 0 Å². The molecule has 0 aromatic carbocycles. The van der Waals surface area contributed by atoms with Crippen LogP contribution in [0.25, 0.3) is 0 Å². The topological polar surface area (TPSA) is 91.3 Å². The van der Waals surface area contributed by atoms with Crippen LogP contribution < -0.4 is 0 Å². The van der Waals surface area contributed by atoms with E-state index in [4.69, 9.17) is 18.5 Å². The maximum Gasteiger partial charge on any atom is 0.472 e. The lowest BCUT2D eigenvalue weighted by Crippen LogP contribution is -2.37. The molecular formula is C40H81NO7P+. The Hall–Kier alpha value is -0.920. The zero-order valence-corrected chi connectivity index (χ0v) is 33.8. The largest absolute Gasteiger partial charge is 0.498 e. The fourth-order valence-electron chi connectivity index (χ4n) is 5.69. The monoisotopic (exact) mass is 719 g/mol. The molecule has 0 amide bonds. The van der Waals surface area contributed by atoms with Gasteiger partial charge in [0.1, 0.15) is 19.8 Å². The van der Waals surface area contributed by atoms with Crippen LogP contribution in [0.3, 0.4) is 0 Å². The minimum absolute atomic E-state index is 0.0537. The summed E-state index contributed by atoms with van der Waals surface area (Å²) in [5, 5.41) is 0. The molecule has 0 aromatic rings. The molecule has 292 valence electrons. The average Bonchev–Trinajstić information content (AvgIpc) is 3.04. The molecule has 0 aliphatic heterocycles. The molecule has 0 spiro atoms. The lowest BCUT2D eigenvalue weighted by Gasteiger charge is -2.24. The van der Waals surface area contributed by atoms with Crippen LogP contribution in [0, 0.1) is 0 Å². The van der Waals surface area contributed by atoms with Gasteiger partial charge in [-0.1, -0.05) is 162 Å². The maximum atomic E-state index is 12.6. The Morgan fingerprint density at radius 3 is 1.51 bits per heavy atom. The second kappa shape index (κ2) is 34.2. The molecule has 0 aromatic heterocycles. The summed E-state index contributed by atoms with van der Waals surface area (Å²) < 4.78 is 34.6. The summed E-state index contributed by atoms with van der Waals surface area (Å²) in [6.45, 7) is 4.94. The van der Waals surface area contributed by atoms with Crippen molar-refractivity contribution in [3.63, 3.8) is 0 Å². The molecular weight excluding hydrogens is 637 g/mol. The number of hydrogen-bond acceptors (Lipinski definition) is 6. The zero-order valence-electron chi connectivity index (χ0n) is 32.9. The van der Waals surface area contributed by atoms with Crippen molar-refractivity contribution < 1.29 is 37.3 Å². The third kappa shape index (κ3) is 38.1. The van der Waals surface area contributed by atoms with Gasteiger partial charge in [0.25, 0.3) is 0 Å². The highest BCUT2D eigenvalue weighted by Gasteiger charge is 2.26. The van der Waals surface area contributed by atoms with Gasteiger partial charge < -0.3 is 18.9 Å². The molecule has 0 aliphatic carbocycles. The first kappa shape index (κ1) is 48.1. The van der Waals surface area contributed by atoms with E-state index in [2.05, 4.69) is 13.8 Å². The number of hydrogen-bond donors (Lipinski definition) is 1. The van der Waals surface area contributed by atoms with Gasteiger partial charge >= 0.3 is 13.8 Å². The number of allylic oxidation sites excluding steroid dienone is 1. The van der Waals surface area contributed by atoms with E-state index in [1.165, 1.54) is 135 Å². The quantitative estimate of drug-likeness (QED) is 0.0223. The Balaban J connectivity index is 4.28. The van der Waals surface area contributed by atoms with Crippen LogP contribution in [0.5, 0.6) is 0 Å². The molecule has 0 bridgehead atoms. The van der Waals surface area contributed by atoms with Crippen molar-refractivity contribution in [1.29, 1.82) is 0 Å². The standard InChI is InChI=1S/C40H80NO7P/c1-6-8-10-12-14-16-18-19-20-21-22-24-26-28-30-32-35-45-37-39(38-47-49(43,44)46-36-34-41(3,4)5)48-40(42)33-31-29-27-25-23-17-15-13-11-9-7-2/h32,35,39H,6-31,33-34,36-38H2,1-5H3/p+1/b35-32-/t39-/m1/s1. The number of likely N-dealkylation sites (N-methyl/N-ethyl adjacent to an activating group) is 1. The van der Waals surface area contributed by atoms with E-state index in [-0.39, 0.29) is 25.8 Å². The number of unbranched alkanes of at least 4 members (excludes halogenated alkanes) is 24. The summed E-state index contributed by atoms with van der Waals surface area (Å²) in [6, 6.07) is 0. The number of quaternary nitrogens is 1. The zero-order chi connectivity index (χ0) is 36.3. The molecule has 0 radical (unpaired) electrons. The second-order valence-corrected chi connectivity index (χ2v) is 16.6. The average molecular weight is 719 g/mol. The van der Waals surface area contributed by atoms with Crippen molar-refractivity contribution in [2.45, 2.75) is 193 Å². The van der Waals surface area contributed by atoms with E-state index in [0.717, 1.165) is 32.1 Å². The van der Waals surface area contributed by atoms with Crippen molar-refractivity contribution in [3.05, 3.63) is 12.3 Å². The third-order valence-electron chi connectivity index (χ3n) is 8.92. The van der Waals surface area contributed by atoms with Gasteiger partial charge in [0.05, 0.1) is 34.0 Å². The first-order valence-corrected chi connectivity index (χ1v) is 22.0. The lowest BCUT2D eigenvalue weighted by atomic mass is 10.0. The lowest BCUT2D eigenvalue weighted by molar-refractivity contribution is -0.870. The van der Waals surface area contributed by atoms with Crippen LogP contribution in [-0.4, -0.2) is 69.0 Å². The van der Waals surface area contributed by atoms with Crippen LogP contribution in [0.15, 0.2) is 12.3 Å². The molecule has 0 fully saturated rings. The number of nitrogens with zero attached hydrogens (tertiary/aromatic N) is 1. The van der Waals surface area contributed by atoms with E-state index in [1.807, 2.05) is 27.2 Å². The summed E-state index contributed by atoms with van der Waals surface area (Å²) >= 11 is 0. The van der Waals surface area contributed by atoms with E-state index in [0.29, 0.717) is 17.4 Å². The van der Waals surface area contributed by atoms with Crippen LogP contribution in [-0.2, 0) is 27.9 Å². The van der Waals surface area contributed by atoms with E-state index in [1.54, 1.807) is 6.26 Å². The van der Waals surface area contributed by atoms with E-state index in [9.17, 15) is 14.3 Å². The molecule has 9 heteroatoms. The number of carbonyl (C=O) groups is 1. The van der Waals surface area contributed by atoms with Crippen LogP contribution in [0.4, 0.5) is 0 Å². The molecule has 8 nitrogen and oxygen atoms in total. The number of rotatable bonds is 38. The summed E-state index contributed by atoms with van der Waals surface area (Å²) in [7, 11) is 1.64. The minimum Gasteiger partial charge on any atom is -0.498 e. The molecule has 0 saturated carbocycles. The highest BCUT2D eigenvalue weighted by atomic mass is 31.2. The van der Waals surface area contributed by atoms with Crippen molar-refractivity contribution in [2.24, 2.45) is 0 Å². The van der Waals surface area contributed by atoms with Gasteiger partial charge in [-0.3, -0.25) is 13.8 Å². The maximum absolute atomic E-state index is 12.6.